The van der Waals surface area contributed by atoms with E-state index in [0.29, 0.717) is 26.1 Å². The van der Waals surface area contributed by atoms with Gasteiger partial charge in [-0.1, -0.05) is 20.3 Å². The summed E-state index contributed by atoms with van der Waals surface area (Å²) < 4.78 is 0. The van der Waals surface area contributed by atoms with E-state index in [1.54, 1.807) is 0 Å². The lowest BCUT2D eigenvalue weighted by atomic mass is 9.94. The molecular weight excluding hydrogens is 336 g/mol. The number of hydrogen-bond acceptors (Lipinski definition) is 5. The Hall–Kier alpha value is -1.96. The van der Waals surface area contributed by atoms with Crippen LogP contribution < -0.4 is 16.4 Å². The highest BCUT2D eigenvalue weighted by Gasteiger charge is 2.39. The highest BCUT2D eigenvalue weighted by molar-refractivity contribution is 6.03. The number of amides is 4. The molecule has 0 bridgehead atoms. The Kier molecular flexibility index (Phi) is 9.87. The van der Waals surface area contributed by atoms with E-state index in [2.05, 4.69) is 10.6 Å². The lowest BCUT2D eigenvalue weighted by Crippen LogP contribution is -2.38. The van der Waals surface area contributed by atoms with E-state index in [9.17, 15) is 19.2 Å². The van der Waals surface area contributed by atoms with Gasteiger partial charge >= 0.3 is 0 Å². The maximum Gasteiger partial charge on any atom is 0.233 e. The lowest BCUT2D eigenvalue weighted by Gasteiger charge is -2.16. The third kappa shape index (κ3) is 7.51. The van der Waals surface area contributed by atoms with Crippen molar-refractivity contribution in [3.8, 4) is 0 Å². The van der Waals surface area contributed by atoms with Crippen molar-refractivity contribution < 1.29 is 19.2 Å². The number of likely N-dealkylation sites (tertiary alicyclic amines) is 1. The summed E-state index contributed by atoms with van der Waals surface area (Å²) in [4.78, 5) is 48.6. The fraction of sp³-hybridized carbons (Fsp3) is 0.778. The monoisotopic (exact) mass is 368 g/mol. The highest BCUT2D eigenvalue weighted by Crippen LogP contribution is 2.26. The van der Waals surface area contributed by atoms with Gasteiger partial charge in [-0.2, -0.15) is 0 Å². The van der Waals surface area contributed by atoms with E-state index in [1.165, 1.54) is 4.90 Å². The van der Waals surface area contributed by atoms with Crippen LogP contribution in [0, 0.1) is 11.8 Å². The first kappa shape index (κ1) is 22.1. The third-order valence-electron chi connectivity index (χ3n) is 4.52. The van der Waals surface area contributed by atoms with Gasteiger partial charge in [-0.05, 0) is 25.3 Å². The van der Waals surface area contributed by atoms with Gasteiger partial charge < -0.3 is 16.4 Å². The topological polar surface area (TPSA) is 122 Å². The van der Waals surface area contributed by atoms with Gasteiger partial charge in [-0.3, -0.25) is 24.1 Å². The normalized spacial score (nSPS) is 17.1. The highest BCUT2D eigenvalue weighted by atomic mass is 16.2. The van der Waals surface area contributed by atoms with Crippen molar-refractivity contribution in [1.29, 1.82) is 0 Å². The molecule has 4 amide bonds. The fourth-order valence-corrected chi connectivity index (χ4v) is 2.87. The average Bonchev–Trinajstić information content (AvgIpc) is 2.88. The van der Waals surface area contributed by atoms with Gasteiger partial charge in [0.15, 0.2) is 0 Å². The van der Waals surface area contributed by atoms with Crippen LogP contribution in [0.5, 0.6) is 0 Å². The molecule has 8 heteroatoms. The summed E-state index contributed by atoms with van der Waals surface area (Å²) in [6.07, 6.45) is 3.44. The molecular formula is C18H32N4O4. The van der Waals surface area contributed by atoms with Gasteiger partial charge in [0, 0.05) is 44.8 Å². The molecule has 1 heterocycles. The largest absolute Gasteiger partial charge is 0.354 e. The molecule has 1 aliphatic rings. The maximum atomic E-state index is 12.2. The second-order valence-corrected chi connectivity index (χ2v) is 6.99. The van der Waals surface area contributed by atoms with Crippen LogP contribution in [0.1, 0.15) is 52.4 Å². The van der Waals surface area contributed by atoms with Crippen LogP contribution in [0.4, 0.5) is 0 Å². The molecule has 0 aromatic carbocycles. The molecule has 1 saturated heterocycles. The summed E-state index contributed by atoms with van der Waals surface area (Å²) >= 11 is 0. The molecule has 1 rings (SSSR count). The zero-order valence-corrected chi connectivity index (χ0v) is 15.9. The Balaban J connectivity index is 2.15. The second kappa shape index (κ2) is 11.6. The standard InChI is InChI=1S/C18H32N4O4/c1-13(2)14-12-17(25)22(18(14)26)11-7-16(24)21-10-9-20-15(23)6-4-3-5-8-19/h13-14H,3-12,19H2,1-2H3,(H,20,23)(H,21,24). The van der Waals surface area contributed by atoms with Crippen LogP contribution in [0.2, 0.25) is 0 Å². The molecule has 0 aromatic heterocycles. The number of imide groups is 1. The van der Waals surface area contributed by atoms with Gasteiger partial charge in [0.1, 0.15) is 0 Å². The Labute approximate surface area is 155 Å². The van der Waals surface area contributed by atoms with Crippen molar-refractivity contribution in [3.63, 3.8) is 0 Å². The molecule has 4 N–H and O–H groups in total. The molecule has 26 heavy (non-hydrogen) atoms. The van der Waals surface area contributed by atoms with E-state index >= 15 is 0 Å². The zero-order valence-electron chi connectivity index (χ0n) is 15.9. The molecule has 1 aliphatic heterocycles. The van der Waals surface area contributed by atoms with Crippen LogP contribution in [0.3, 0.4) is 0 Å². The minimum Gasteiger partial charge on any atom is -0.354 e. The van der Waals surface area contributed by atoms with Crippen LogP contribution in [-0.4, -0.2) is 54.7 Å². The Morgan fingerprint density at radius 1 is 1.08 bits per heavy atom. The number of nitrogens with one attached hydrogen (secondary N) is 2. The number of carbonyl (C=O) groups excluding carboxylic acids is 4. The number of rotatable bonds is 12. The zero-order chi connectivity index (χ0) is 19.5. The SMILES string of the molecule is CC(C)C1CC(=O)N(CCC(=O)NCCNC(=O)CCCCCN)C1=O. The number of carbonyl (C=O) groups is 4. The van der Waals surface area contributed by atoms with Gasteiger partial charge in [0.05, 0.1) is 0 Å². The predicted octanol–water partition coefficient (Wildman–Crippen LogP) is 0.159. The molecule has 148 valence electrons. The third-order valence-corrected chi connectivity index (χ3v) is 4.52. The fourth-order valence-electron chi connectivity index (χ4n) is 2.87. The van der Waals surface area contributed by atoms with Crippen LogP contribution in [0.15, 0.2) is 0 Å². The molecule has 0 spiro atoms. The van der Waals surface area contributed by atoms with E-state index in [0.717, 1.165) is 19.3 Å². The Morgan fingerprint density at radius 3 is 2.23 bits per heavy atom. The molecule has 1 atom stereocenters. The molecule has 0 saturated carbocycles. The van der Waals surface area contributed by atoms with E-state index in [1.807, 2.05) is 13.8 Å². The molecule has 8 nitrogen and oxygen atoms in total. The van der Waals surface area contributed by atoms with Crippen LogP contribution >= 0.6 is 0 Å². The number of nitrogens with two attached hydrogens (primary N) is 1. The molecule has 0 aromatic rings. The lowest BCUT2D eigenvalue weighted by molar-refractivity contribution is -0.140. The first-order valence-electron chi connectivity index (χ1n) is 9.44. The first-order valence-corrected chi connectivity index (χ1v) is 9.44. The van der Waals surface area contributed by atoms with E-state index < -0.39 is 0 Å². The van der Waals surface area contributed by atoms with Gasteiger partial charge in [0.2, 0.25) is 23.6 Å². The predicted molar refractivity (Wildman–Crippen MR) is 97.8 cm³/mol. The average molecular weight is 368 g/mol. The van der Waals surface area contributed by atoms with Crippen molar-refractivity contribution in [1.82, 2.24) is 15.5 Å². The van der Waals surface area contributed by atoms with Crippen molar-refractivity contribution in [2.45, 2.75) is 52.4 Å². The summed E-state index contributed by atoms with van der Waals surface area (Å²) in [6, 6.07) is 0. The maximum absolute atomic E-state index is 12.2. The summed E-state index contributed by atoms with van der Waals surface area (Å²) in [6.45, 7) is 5.26. The smallest absolute Gasteiger partial charge is 0.233 e. The van der Waals surface area contributed by atoms with Gasteiger partial charge in [0.25, 0.3) is 0 Å². The van der Waals surface area contributed by atoms with Crippen molar-refractivity contribution in [2.24, 2.45) is 17.6 Å². The molecule has 0 radical (unpaired) electrons. The van der Waals surface area contributed by atoms with Crippen molar-refractivity contribution >= 4 is 23.6 Å². The summed E-state index contributed by atoms with van der Waals surface area (Å²) in [7, 11) is 0. The molecule has 1 fully saturated rings. The number of unbranched alkanes of at least 4 members (excludes halogenated alkanes) is 2. The molecule has 0 aliphatic carbocycles. The number of nitrogens with zero attached hydrogens (tertiary/aromatic N) is 1. The first-order chi connectivity index (χ1) is 12.4. The van der Waals surface area contributed by atoms with Crippen molar-refractivity contribution in [2.75, 3.05) is 26.2 Å². The summed E-state index contributed by atoms with van der Waals surface area (Å²) in [5.41, 5.74) is 5.39. The minimum absolute atomic E-state index is 0.0377. The quantitative estimate of drug-likeness (QED) is 0.335. The Bertz CT molecular complexity index is 507. The minimum atomic E-state index is -0.273. The Morgan fingerprint density at radius 2 is 1.69 bits per heavy atom. The van der Waals surface area contributed by atoms with E-state index in [4.69, 9.17) is 5.73 Å². The summed E-state index contributed by atoms with van der Waals surface area (Å²) in [5, 5.41) is 5.42. The van der Waals surface area contributed by atoms with Gasteiger partial charge in [-0.15, -0.1) is 0 Å². The van der Waals surface area contributed by atoms with Crippen LogP contribution in [-0.2, 0) is 19.2 Å². The number of hydrogen-bond donors (Lipinski definition) is 3. The summed E-state index contributed by atoms with van der Waals surface area (Å²) in [5.74, 6) is -0.821. The van der Waals surface area contributed by atoms with E-state index in [-0.39, 0.29) is 54.9 Å². The molecule has 1 unspecified atom stereocenters. The second-order valence-electron chi connectivity index (χ2n) is 6.99. The van der Waals surface area contributed by atoms with Gasteiger partial charge in [-0.25, -0.2) is 0 Å². The van der Waals surface area contributed by atoms with Crippen molar-refractivity contribution in [3.05, 3.63) is 0 Å². The van der Waals surface area contributed by atoms with Crippen LogP contribution in [0.25, 0.3) is 0 Å².